The van der Waals surface area contributed by atoms with Gasteiger partial charge in [0.2, 0.25) is 0 Å². The third-order valence-electron chi connectivity index (χ3n) is 17.4. The molecule has 84 heavy (non-hydrogen) atoms. The third kappa shape index (κ3) is 9.65. The summed E-state index contributed by atoms with van der Waals surface area (Å²) in [5.74, 6) is 4.61. The van der Waals surface area contributed by atoms with E-state index in [2.05, 4.69) is 198 Å². The highest BCUT2D eigenvalue weighted by molar-refractivity contribution is 6.17. The van der Waals surface area contributed by atoms with E-state index in [1.165, 1.54) is 89.0 Å². The van der Waals surface area contributed by atoms with Crippen LogP contribution in [0, 0.1) is 0 Å². The van der Waals surface area contributed by atoms with E-state index in [4.69, 9.17) is 28.4 Å². The van der Waals surface area contributed by atoms with Gasteiger partial charge in [0.1, 0.15) is 34.5 Å². The lowest BCUT2D eigenvalue weighted by Crippen LogP contribution is -2.05. The van der Waals surface area contributed by atoms with Crippen LogP contribution in [0.25, 0.3) is 103 Å². The molecule has 9 aromatic carbocycles. The summed E-state index contributed by atoms with van der Waals surface area (Å²) in [7, 11) is 3.47. The monoisotopic (exact) mass is 1100 g/mol. The molecule has 0 saturated carbocycles. The molecule has 0 aromatic heterocycles. The first-order valence-electron chi connectivity index (χ1n) is 30.3. The van der Waals surface area contributed by atoms with Gasteiger partial charge in [0.25, 0.3) is 0 Å². The van der Waals surface area contributed by atoms with Gasteiger partial charge in [-0.25, -0.2) is 0 Å². The maximum Gasteiger partial charge on any atom is 0.123 e. The van der Waals surface area contributed by atoms with E-state index in [1.54, 1.807) is 14.2 Å². The van der Waals surface area contributed by atoms with E-state index in [0.29, 0.717) is 26.4 Å². The molecule has 0 spiro atoms. The normalized spacial score (nSPS) is 13.2. The minimum atomic E-state index is 0.566. The molecule has 0 atom stereocenters. The SMILES string of the molecule is CCCOc1cc(OCCC)cc(-c2c(-c3ccc(OC)cc3)c(-c3ccc(OC)cc3)c(-c3cc(OCCC)cc(OCCC)c3)c3c2-c2cc4c5cc2Cc2cc6c(cc2-3)C=Cc2cc3c(cc2C6)Cc2cc(c(cc2C=C3)C=C4)C5)c1. The van der Waals surface area contributed by atoms with Crippen molar-refractivity contribution in [2.45, 2.75) is 79.1 Å². The number of fused-ring (bicyclic) bond motifs is 3. The zero-order valence-electron chi connectivity index (χ0n) is 49.1. The molecular weight excluding hydrogens is 1030 g/mol. The number of hydrogen-bond acceptors (Lipinski definition) is 6. The Kier molecular flexibility index (Phi) is 14.1. The van der Waals surface area contributed by atoms with Crippen molar-refractivity contribution in [3.05, 3.63) is 211 Å². The molecule has 5 aliphatic rings. The van der Waals surface area contributed by atoms with Crippen LogP contribution in [-0.4, -0.2) is 40.6 Å². The number of benzene rings is 9. The summed E-state index contributed by atoms with van der Waals surface area (Å²) in [5.41, 5.74) is 31.2. The van der Waals surface area contributed by atoms with Gasteiger partial charge < -0.3 is 28.4 Å². The van der Waals surface area contributed by atoms with Gasteiger partial charge in [0.15, 0.2) is 0 Å². The van der Waals surface area contributed by atoms with E-state index in [0.717, 1.165) is 141 Å². The molecule has 0 aliphatic heterocycles. The van der Waals surface area contributed by atoms with E-state index in [1.807, 2.05) is 0 Å². The highest BCUT2D eigenvalue weighted by Crippen LogP contribution is 2.60. The zero-order chi connectivity index (χ0) is 57.0. The van der Waals surface area contributed by atoms with Crippen LogP contribution in [0.2, 0.25) is 0 Å². The van der Waals surface area contributed by atoms with Gasteiger partial charge in [0, 0.05) is 12.1 Å². The number of methoxy groups -OCH3 is 2. The molecular formula is C78H70O6. The molecule has 0 fully saturated rings. The molecule has 0 saturated heterocycles. The second kappa shape index (κ2) is 22.3. The van der Waals surface area contributed by atoms with Crippen molar-refractivity contribution in [2.75, 3.05) is 40.6 Å². The summed E-state index contributed by atoms with van der Waals surface area (Å²) in [6.07, 6.45) is 20.9. The summed E-state index contributed by atoms with van der Waals surface area (Å²) in [4.78, 5) is 0. The topological polar surface area (TPSA) is 55.4 Å². The first-order chi connectivity index (χ1) is 41.3. The van der Waals surface area contributed by atoms with Crippen LogP contribution in [0.3, 0.4) is 0 Å². The van der Waals surface area contributed by atoms with Crippen LogP contribution >= 0.6 is 0 Å². The second-order valence-electron chi connectivity index (χ2n) is 23.1. The maximum absolute atomic E-state index is 6.73. The largest absolute Gasteiger partial charge is 0.497 e. The van der Waals surface area contributed by atoms with Crippen molar-refractivity contribution < 1.29 is 28.4 Å². The van der Waals surface area contributed by atoms with Crippen molar-refractivity contribution in [3.8, 4) is 101 Å². The predicted octanol–water partition coefficient (Wildman–Crippen LogP) is 19.3. The fourth-order valence-corrected chi connectivity index (χ4v) is 13.5. The summed E-state index contributed by atoms with van der Waals surface area (Å²) in [6, 6.07) is 50.5. The molecule has 0 N–H and O–H groups in total. The molecule has 0 radical (unpaired) electrons. The van der Waals surface area contributed by atoms with Crippen LogP contribution in [0.15, 0.2) is 133 Å². The minimum absolute atomic E-state index is 0.566. The Morgan fingerprint density at radius 2 is 0.536 bits per heavy atom. The highest BCUT2D eigenvalue weighted by atomic mass is 16.5. The van der Waals surface area contributed by atoms with Gasteiger partial charge in [-0.05, 0) is 269 Å². The summed E-state index contributed by atoms with van der Waals surface area (Å²) in [5, 5.41) is 0. The molecule has 418 valence electrons. The number of hydrogen-bond donors (Lipinski definition) is 0. The lowest BCUT2D eigenvalue weighted by atomic mass is 9.73. The summed E-state index contributed by atoms with van der Waals surface area (Å²) >= 11 is 0. The van der Waals surface area contributed by atoms with E-state index >= 15 is 0 Å². The highest BCUT2D eigenvalue weighted by Gasteiger charge is 2.35. The van der Waals surface area contributed by atoms with Crippen LogP contribution in [0.1, 0.15) is 131 Å². The first-order valence-corrected chi connectivity index (χ1v) is 30.3. The molecule has 0 amide bonds. The molecule has 0 unspecified atom stereocenters. The molecule has 9 aromatic rings. The molecule has 8 bridgehead atoms. The van der Waals surface area contributed by atoms with Crippen LogP contribution in [0.5, 0.6) is 34.5 Å². The van der Waals surface area contributed by atoms with E-state index in [-0.39, 0.29) is 0 Å². The molecule has 6 nitrogen and oxygen atoms in total. The van der Waals surface area contributed by atoms with Crippen LogP contribution in [0.4, 0.5) is 0 Å². The smallest absolute Gasteiger partial charge is 0.123 e. The van der Waals surface area contributed by atoms with Gasteiger partial charge in [-0.1, -0.05) is 113 Å². The van der Waals surface area contributed by atoms with Gasteiger partial charge in [-0.15, -0.1) is 0 Å². The Bertz CT molecular complexity index is 3870. The fraction of sp³-hybridized carbons (Fsp3) is 0.231. The molecule has 0 heterocycles. The number of rotatable bonds is 18. The van der Waals surface area contributed by atoms with Crippen LogP contribution < -0.4 is 28.4 Å². The Balaban J connectivity index is 1.22. The lowest BCUT2D eigenvalue weighted by Gasteiger charge is -2.30. The Labute approximate surface area is 494 Å². The standard InChI is InChI=1S/C78H70O6/c1-7-25-81-67-39-63(40-68(45-67)82-26-8-2)75-73(47-17-21-65(79-5)22-18-47)74(48-19-23-66(80-6)24-20-48)76(64-41-69(83-27-9-3)46-70(42-64)84-28-10-4)78-72-44-54-16-14-52-30-50-12-11-49-29-51-13-15-53-43-71(77(75)78)61-36-59(53)34-57(51)32-55(49)31-56(50)33-58(52)35-60(54)37-62(72)38-61/h11-24,29-30,32-33,36-37,39-46H,7-10,25-28,31,34-35,38H2,1-6H3. The van der Waals surface area contributed by atoms with Crippen molar-refractivity contribution in [1.29, 1.82) is 0 Å². The fourth-order valence-electron chi connectivity index (χ4n) is 13.5. The first kappa shape index (κ1) is 53.0. The molecule has 5 aliphatic carbocycles. The van der Waals surface area contributed by atoms with E-state index in [9.17, 15) is 0 Å². The summed E-state index contributed by atoms with van der Waals surface area (Å²) in [6.45, 7) is 10.9. The van der Waals surface area contributed by atoms with Crippen molar-refractivity contribution in [1.82, 2.24) is 0 Å². The maximum atomic E-state index is 6.73. The van der Waals surface area contributed by atoms with Gasteiger partial charge in [-0.2, -0.15) is 0 Å². The van der Waals surface area contributed by atoms with Crippen molar-refractivity contribution in [3.63, 3.8) is 0 Å². The lowest BCUT2D eigenvalue weighted by molar-refractivity contribution is 0.301. The predicted molar refractivity (Wildman–Crippen MR) is 346 cm³/mol. The van der Waals surface area contributed by atoms with E-state index < -0.39 is 0 Å². The Morgan fingerprint density at radius 1 is 0.262 bits per heavy atom. The van der Waals surface area contributed by atoms with Crippen molar-refractivity contribution in [2.24, 2.45) is 0 Å². The van der Waals surface area contributed by atoms with Gasteiger partial charge >= 0.3 is 0 Å². The zero-order valence-corrected chi connectivity index (χ0v) is 49.1. The quantitative estimate of drug-likeness (QED) is 0.0853. The molecule has 14 rings (SSSR count). The number of ether oxygens (including phenoxy) is 6. The molecule has 6 heteroatoms. The Morgan fingerprint density at radius 3 is 0.833 bits per heavy atom. The van der Waals surface area contributed by atoms with Crippen LogP contribution in [-0.2, 0) is 25.7 Å². The van der Waals surface area contributed by atoms with Crippen molar-refractivity contribution >= 4 is 36.5 Å². The average molecular weight is 1100 g/mol. The minimum Gasteiger partial charge on any atom is -0.497 e. The average Bonchev–Trinajstić information content (AvgIpc) is 1.51. The van der Waals surface area contributed by atoms with Gasteiger partial charge in [0.05, 0.1) is 40.6 Å². The van der Waals surface area contributed by atoms with Gasteiger partial charge in [-0.3, -0.25) is 0 Å². The summed E-state index contributed by atoms with van der Waals surface area (Å²) < 4.78 is 38.8. The Hall–Kier alpha value is -9.00. The third-order valence-corrected chi connectivity index (χ3v) is 17.4. The second-order valence-corrected chi connectivity index (χ2v) is 23.1.